The molecule has 1 aromatic carbocycles. The molecule has 0 bridgehead atoms. The monoisotopic (exact) mass is 422 g/mol. The summed E-state index contributed by atoms with van der Waals surface area (Å²) in [5.74, 6) is 0.178. The van der Waals surface area contributed by atoms with Gasteiger partial charge in [-0.05, 0) is 23.5 Å². The molecule has 0 spiro atoms. The van der Waals surface area contributed by atoms with Gasteiger partial charge in [0.1, 0.15) is 10.7 Å². The average molecular weight is 423 g/mol. The Kier molecular flexibility index (Phi) is 7.58. The Hall–Kier alpha value is -1.77. The van der Waals surface area contributed by atoms with Crippen molar-refractivity contribution in [1.29, 1.82) is 0 Å². The van der Waals surface area contributed by atoms with Crippen LogP contribution in [-0.4, -0.2) is 31.0 Å². The normalized spacial score (nSPS) is 15.8. The quantitative estimate of drug-likeness (QED) is 0.540. The molecule has 1 fully saturated rings. The lowest BCUT2D eigenvalue weighted by molar-refractivity contribution is -0.118. The fourth-order valence-corrected chi connectivity index (χ4v) is 5.02. The first-order valence-corrected chi connectivity index (χ1v) is 11.9. The van der Waals surface area contributed by atoms with Crippen molar-refractivity contribution in [2.24, 2.45) is 5.92 Å². The minimum absolute atomic E-state index is 0.0157. The van der Waals surface area contributed by atoms with Gasteiger partial charge < -0.3 is 10.4 Å². The van der Waals surface area contributed by atoms with Crippen LogP contribution in [0.15, 0.2) is 29.6 Å². The highest BCUT2D eigenvalue weighted by Gasteiger charge is 2.27. The number of hydrogen-bond acceptors (Lipinski definition) is 6. The number of aromatic nitrogens is 1. The van der Waals surface area contributed by atoms with Crippen LogP contribution in [0.5, 0.6) is 0 Å². The first-order valence-electron chi connectivity index (χ1n) is 9.62. The first kappa shape index (κ1) is 21.0. The molecule has 2 aromatic rings. The van der Waals surface area contributed by atoms with E-state index in [4.69, 9.17) is 5.11 Å². The molecule has 1 aliphatic rings. The van der Waals surface area contributed by atoms with Crippen molar-refractivity contribution < 1.29 is 18.3 Å². The van der Waals surface area contributed by atoms with Gasteiger partial charge in [0.2, 0.25) is 5.91 Å². The second-order valence-corrected chi connectivity index (χ2v) is 9.12. The summed E-state index contributed by atoms with van der Waals surface area (Å²) in [6.07, 6.45) is 5.99. The Balaban J connectivity index is 1.75. The molecular formula is C20H26N2O4S2. The summed E-state index contributed by atoms with van der Waals surface area (Å²) in [7, 11) is -2.46. The number of anilines is 1. The minimum Gasteiger partial charge on any atom is -0.396 e. The summed E-state index contributed by atoms with van der Waals surface area (Å²) < 4.78 is 21.9. The maximum Gasteiger partial charge on any atom is 0.233 e. The Morgan fingerprint density at radius 2 is 1.96 bits per heavy atom. The minimum atomic E-state index is -2.46. The van der Waals surface area contributed by atoms with Crippen LogP contribution in [0, 0.1) is 5.92 Å². The number of nitrogens with zero attached hydrogens (tertiary/aromatic N) is 1. The van der Waals surface area contributed by atoms with Crippen molar-refractivity contribution in [2.75, 3.05) is 11.9 Å². The van der Waals surface area contributed by atoms with E-state index in [0.717, 1.165) is 36.1 Å². The van der Waals surface area contributed by atoms with E-state index in [0.29, 0.717) is 17.5 Å². The molecule has 1 aromatic heterocycles. The summed E-state index contributed by atoms with van der Waals surface area (Å²) in [6.45, 7) is 0.0304. The molecule has 152 valence electrons. The van der Waals surface area contributed by atoms with Crippen LogP contribution in [0.4, 0.5) is 5.13 Å². The molecule has 0 aliphatic heterocycles. The van der Waals surface area contributed by atoms with Gasteiger partial charge >= 0.3 is 0 Å². The molecule has 0 saturated heterocycles. The maximum absolute atomic E-state index is 13.0. The fourth-order valence-electron chi connectivity index (χ4n) is 3.76. The zero-order valence-corrected chi connectivity index (χ0v) is 17.4. The van der Waals surface area contributed by atoms with Crippen LogP contribution in [-0.2, 0) is 27.7 Å². The molecule has 0 radical (unpaired) electrons. The van der Waals surface area contributed by atoms with E-state index in [9.17, 15) is 13.2 Å². The van der Waals surface area contributed by atoms with Crippen molar-refractivity contribution in [2.45, 2.75) is 50.2 Å². The highest BCUT2D eigenvalue weighted by molar-refractivity contribution is 7.71. The van der Waals surface area contributed by atoms with Gasteiger partial charge in [-0.25, -0.2) is 13.4 Å². The van der Waals surface area contributed by atoms with Gasteiger partial charge in [-0.2, -0.15) is 0 Å². The van der Waals surface area contributed by atoms with Gasteiger partial charge in [-0.3, -0.25) is 4.79 Å². The van der Waals surface area contributed by atoms with Crippen LogP contribution < -0.4 is 5.32 Å². The number of nitrogens with one attached hydrogen (secondary N) is 1. The summed E-state index contributed by atoms with van der Waals surface area (Å²) >= 11 is 1.36. The number of hydrogen-bond donors (Lipinski definition) is 3. The smallest absolute Gasteiger partial charge is 0.233 e. The second-order valence-electron chi connectivity index (χ2n) is 7.28. The zero-order valence-electron chi connectivity index (χ0n) is 15.7. The van der Waals surface area contributed by atoms with Crippen LogP contribution >= 0.6 is 11.3 Å². The Morgan fingerprint density at radius 1 is 1.25 bits per heavy atom. The molecule has 1 amide bonds. The van der Waals surface area contributed by atoms with E-state index in [1.54, 1.807) is 12.1 Å². The Bertz CT molecular complexity index is 847. The van der Waals surface area contributed by atoms with Gasteiger partial charge in [0.15, 0.2) is 5.13 Å². The number of thiol groups is 1. The maximum atomic E-state index is 13.0. The van der Waals surface area contributed by atoms with Crippen LogP contribution in [0.25, 0.3) is 0 Å². The zero-order chi connectivity index (χ0) is 19.9. The largest absolute Gasteiger partial charge is 0.396 e. The molecule has 1 atom stereocenters. The number of thiazole rings is 1. The van der Waals surface area contributed by atoms with E-state index in [1.807, 2.05) is 17.5 Å². The standard InChI is InChI=1S/C20H26N2O4S2/c23-10-9-17-12-27-20(21-17)22-19(24)18(11-14-3-1-2-4-14)16-7-5-15(6-8-16)13-28(25)26/h5-8,12,14,18,23,28H,1-4,9-11,13H2,(H,21,22,24). The Labute approximate surface area is 171 Å². The molecule has 2 N–H and O–H groups in total. The van der Waals surface area contributed by atoms with Crippen molar-refractivity contribution in [3.63, 3.8) is 0 Å². The van der Waals surface area contributed by atoms with Gasteiger partial charge in [-0.1, -0.05) is 49.9 Å². The summed E-state index contributed by atoms with van der Waals surface area (Å²) in [5.41, 5.74) is 2.40. The highest BCUT2D eigenvalue weighted by atomic mass is 32.2. The summed E-state index contributed by atoms with van der Waals surface area (Å²) in [4.78, 5) is 17.4. The number of carbonyl (C=O) groups excluding carboxylic acids is 1. The van der Waals surface area contributed by atoms with E-state index in [2.05, 4.69) is 10.3 Å². The average Bonchev–Trinajstić information content (AvgIpc) is 3.32. The third-order valence-corrected chi connectivity index (χ3v) is 6.63. The molecule has 3 rings (SSSR count). The number of rotatable bonds is 9. The van der Waals surface area contributed by atoms with Gasteiger partial charge in [0.25, 0.3) is 0 Å². The van der Waals surface area contributed by atoms with Crippen LogP contribution in [0.1, 0.15) is 54.8 Å². The molecule has 1 heterocycles. The highest BCUT2D eigenvalue weighted by Crippen LogP contribution is 2.35. The second kappa shape index (κ2) is 10.1. The van der Waals surface area contributed by atoms with Crippen molar-refractivity contribution >= 4 is 33.1 Å². The lowest BCUT2D eigenvalue weighted by atomic mass is 9.87. The van der Waals surface area contributed by atoms with Gasteiger partial charge in [0, 0.05) is 18.4 Å². The van der Waals surface area contributed by atoms with Crippen LogP contribution in [0.3, 0.4) is 0 Å². The molecule has 28 heavy (non-hydrogen) atoms. The van der Waals surface area contributed by atoms with Gasteiger partial charge in [-0.15, -0.1) is 11.3 Å². The third-order valence-electron chi connectivity index (χ3n) is 5.20. The molecule has 1 aliphatic carbocycles. The molecule has 6 nitrogen and oxygen atoms in total. The number of amides is 1. The number of carbonyl (C=O) groups is 1. The first-order chi connectivity index (χ1) is 13.5. The van der Waals surface area contributed by atoms with E-state index in [1.165, 1.54) is 24.2 Å². The van der Waals surface area contributed by atoms with E-state index < -0.39 is 10.7 Å². The number of aliphatic hydroxyl groups is 1. The Morgan fingerprint density at radius 3 is 2.61 bits per heavy atom. The summed E-state index contributed by atoms with van der Waals surface area (Å²) in [5, 5.41) is 14.3. The number of aliphatic hydroxyl groups excluding tert-OH is 1. The van der Waals surface area contributed by atoms with E-state index >= 15 is 0 Å². The topological polar surface area (TPSA) is 96.4 Å². The molecule has 1 unspecified atom stereocenters. The predicted molar refractivity (Wildman–Crippen MR) is 111 cm³/mol. The molecule has 8 heteroatoms. The number of benzene rings is 1. The summed E-state index contributed by atoms with van der Waals surface area (Å²) in [6, 6.07) is 7.31. The third kappa shape index (κ3) is 5.86. The molecular weight excluding hydrogens is 396 g/mol. The lowest BCUT2D eigenvalue weighted by Gasteiger charge is -2.20. The fraction of sp³-hybridized carbons (Fsp3) is 0.500. The SMILES string of the molecule is O=C(Nc1nc(CCO)cs1)C(CC1CCCC1)c1ccc(C[SH](=O)=O)cc1. The van der Waals surface area contributed by atoms with Crippen LogP contribution in [0.2, 0.25) is 0 Å². The lowest BCUT2D eigenvalue weighted by Crippen LogP contribution is -2.23. The van der Waals surface area contributed by atoms with Crippen molar-refractivity contribution in [1.82, 2.24) is 4.98 Å². The van der Waals surface area contributed by atoms with Gasteiger partial charge in [0.05, 0.1) is 17.4 Å². The predicted octanol–water partition coefficient (Wildman–Crippen LogP) is 3.09. The molecule has 1 saturated carbocycles. The van der Waals surface area contributed by atoms with Crippen molar-refractivity contribution in [3.05, 3.63) is 46.5 Å². The van der Waals surface area contributed by atoms with E-state index in [-0.39, 0.29) is 24.2 Å². The van der Waals surface area contributed by atoms with Crippen molar-refractivity contribution in [3.8, 4) is 0 Å².